The molecule has 0 saturated carbocycles. The Hall–Kier alpha value is -2.50. The fourth-order valence-electron chi connectivity index (χ4n) is 1.58. The lowest BCUT2D eigenvalue weighted by Crippen LogP contribution is -2.31. The van der Waals surface area contributed by atoms with E-state index in [2.05, 4.69) is 10.3 Å². The fraction of sp³-hybridized carbons (Fsp3) is 0.154. The molecule has 1 aromatic heterocycles. The molecule has 5 nitrogen and oxygen atoms in total. The molecule has 0 fully saturated rings. The first-order valence-electron chi connectivity index (χ1n) is 5.71. The van der Waals surface area contributed by atoms with Crippen molar-refractivity contribution in [1.29, 1.82) is 0 Å². The van der Waals surface area contributed by atoms with Crippen LogP contribution in [0.25, 0.3) is 0 Å². The highest BCUT2D eigenvalue weighted by molar-refractivity contribution is 5.94. The third-order valence-electron chi connectivity index (χ3n) is 2.55. The summed E-state index contributed by atoms with van der Waals surface area (Å²) in [5, 5.41) is 2.55. The Kier molecular flexibility index (Phi) is 4.02. The van der Waals surface area contributed by atoms with Gasteiger partial charge in [-0.05, 0) is 12.1 Å². The van der Waals surface area contributed by atoms with Crippen molar-refractivity contribution in [1.82, 2.24) is 14.9 Å². The molecule has 98 valence electrons. The van der Waals surface area contributed by atoms with E-state index in [1.807, 2.05) is 0 Å². The van der Waals surface area contributed by atoms with Gasteiger partial charge in [0.1, 0.15) is 5.82 Å². The summed E-state index contributed by atoms with van der Waals surface area (Å²) in [5.41, 5.74) is -0.212. The van der Waals surface area contributed by atoms with Gasteiger partial charge in [-0.3, -0.25) is 14.2 Å². The van der Waals surface area contributed by atoms with Crippen LogP contribution in [-0.2, 0) is 6.54 Å². The molecule has 0 aliphatic carbocycles. The summed E-state index contributed by atoms with van der Waals surface area (Å²) in [5.74, 6) is -1.08. The number of aromatic nitrogens is 2. The maximum atomic E-state index is 13.3. The van der Waals surface area contributed by atoms with Crippen LogP contribution in [0.4, 0.5) is 4.39 Å². The summed E-state index contributed by atoms with van der Waals surface area (Å²) in [6.45, 7) is 0.506. The van der Waals surface area contributed by atoms with Crippen LogP contribution < -0.4 is 10.9 Å². The SMILES string of the molecule is O=C(NCCn1cnccc1=O)c1ccccc1F. The molecule has 2 rings (SSSR count). The first kappa shape index (κ1) is 12.9. The molecule has 0 aliphatic rings. The van der Waals surface area contributed by atoms with Gasteiger partial charge in [-0.15, -0.1) is 0 Å². The molecular formula is C13H12FN3O2. The van der Waals surface area contributed by atoms with Crippen molar-refractivity contribution in [3.63, 3.8) is 0 Å². The van der Waals surface area contributed by atoms with Gasteiger partial charge in [0, 0.05) is 25.4 Å². The number of halogens is 1. The molecular weight excluding hydrogens is 249 g/mol. The summed E-state index contributed by atoms with van der Waals surface area (Å²) in [6.07, 6.45) is 2.79. The lowest BCUT2D eigenvalue weighted by Gasteiger charge is -2.07. The molecule has 0 atom stereocenters. The van der Waals surface area contributed by atoms with E-state index in [1.165, 1.54) is 41.4 Å². The van der Waals surface area contributed by atoms with Crippen LogP contribution in [0.15, 0.2) is 47.7 Å². The third kappa shape index (κ3) is 3.25. The molecule has 0 unspecified atom stereocenters. The molecule has 0 bridgehead atoms. The number of hydrogen-bond acceptors (Lipinski definition) is 3. The van der Waals surface area contributed by atoms with Crippen LogP contribution in [0, 0.1) is 5.82 Å². The number of benzene rings is 1. The molecule has 1 aromatic carbocycles. The Labute approximate surface area is 108 Å². The zero-order valence-electron chi connectivity index (χ0n) is 10.0. The van der Waals surface area contributed by atoms with Crippen LogP contribution in [-0.4, -0.2) is 22.0 Å². The normalized spacial score (nSPS) is 10.2. The predicted octanol–water partition coefficient (Wildman–Crippen LogP) is 0.812. The Morgan fingerprint density at radius 2 is 2.11 bits per heavy atom. The smallest absolute Gasteiger partial charge is 0.254 e. The Morgan fingerprint density at radius 3 is 2.84 bits per heavy atom. The Bertz CT molecular complexity index is 640. The minimum absolute atomic E-state index is 0.0129. The summed E-state index contributed by atoms with van der Waals surface area (Å²) < 4.78 is 14.7. The third-order valence-corrected chi connectivity index (χ3v) is 2.55. The summed E-state index contributed by atoms with van der Waals surface area (Å²) >= 11 is 0. The zero-order chi connectivity index (χ0) is 13.7. The van der Waals surface area contributed by atoms with E-state index in [9.17, 15) is 14.0 Å². The van der Waals surface area contributed by atoms with Gasteiger partial charge >= 0.3 is 0 Å². The van der Waals surface area contributed by atoms with Gasteiger partial charge in [0.25, 0.3) is 11.5 Å². The first-order valence-corrected chi connectivity index (χ1v) is 5.71. The quantitative estimate of drug-likeness (QED) is 0.886. The minimum Gasteiger partial charge on any atom is -0.350 e. The fourth-order valence-corrected chi connectivity index (χ4v) is 1.58. The highest BCUT2D eigenvalue weighted by Gasteiger charge is 2.09. The van der Waals surface area contributed by atoms with E-state index in [-0.39, 0.29) is 24.2 Å². The van der Waals surface area contributed by atoms with Gasteiger partial charge < -0.3 is 5.32 Å². The lowest BCUT2D eigenvalue weighted by atomic mass is 10.2. The number of carbonyl (C=O) groups excluding carboxylic acids is 1. The van der Waals surface area contributed by atoms with Gasteiger partial charge in [-0.1, -0.05) is 12.1 Å². The average Bonchev–Trinajstić information content (AvgIpc) is 2.41. The van der Waals surface area contributed by atoms with Crippen molar-refractivity contribution in [2.45, 2.75) is 6.54 Å². The molecule has 19 heavy (non-hydrogen) atoms. The van der Waals surface area contributed by atoms with Gasteiger partial charge in [-0.25, -0.2) is 9.37 Å². The molecule has 0 saturated heterocycles. The molecule has 2 aromatic rings. The van der Waals surface area contributed by atoms with E-state index in [4.69, 9.17) is 0 Å². The van der Waals surface area contributed by atoms with E-state index < -0.39 is 11.7 Å². The zero-order valence-corrected chi connectivity index (χ0v) is 10.0. The van der Waals surface area contributed by atoms with E-state index in [0.29, 0.717) is 0 Å². The van der Waals surface area contributed by atoms with Gasteiger partial charge in [0.05, 0.1) is 11.9 Å². The monoisotopic (exact) mass is 261 g/mol. The number of nitrogens with zero attached hydrogens (tertiary/aromatic N) is 2. The van der Waals surface area contributed by atoms with Crippen LogP contribution in [0.5, 0.6) is 0 Å². The molecule has 0 radical (unpaired) electrons. The number of nitrogens with one attached hydrogen (secondary N) is 1. The largest absolute Gasteiger partial charge is 0.350 e. The Morgan fingerprint density at radius 1 is 1.32 bits per heavy atom. The highest BCUT2D eigenvalue weighted by Crippen LogP contribution is 2.05. The second kappa shape index (κ2) is 5.90. The second-order valence-electron chi connectivity index (χ2n) is 3.85. The van der Waals surface area contributed by atoms with Crippen molar-refractivity contribution < 1.29 is 9.18 Å². The topological polar surface area (TPSA) is 64.0 Å². The number of rotatable bonds is 4. The maximum absolute atomic E-state index is 13.3. The van der Waals surface area contributed by atoms with E-state index in [1.54, 1.807) is 6.07 Å². The summed E-state index contributed by atoms with van der Waals surface area (Å²) in [4.78, 5) is 26.9. The summed E-state index contributed by atoms with van der Waals surface area (Å²) in [6, 6.07) is 7.06. The van der Waals surface area contributed by atoms with Gasteiger partial charge in [0.2, 0.25) is 0 Å². The maximum Gasteiger partial charge on any atom is 0.254 e. The Balaban J connectivity index is 1.94. The molecule has 0 spiro atoms. The van der Waals surface area contributed by atoms with Crippen molar-refractivity contribution in [2.75, 3.05) is 6.54 Å². The summed E-state index contributed by atoms with van der Waals surface area (Å²) in [7, 11) is 0. The molecule has 1 heterocycles. The number of hydrogen-bond donors (Lipinski definition) is 1. The highest BCUT2D eigenvalue weighted by atomic mass is 19.1. The average molecular weight is 261 g/mol. The predicted molar refractivity (Wildman–Crippen MR) is 67.2 cm³/mol. The van der Waals surface area contributed by atoms with E-state index in [0.717, 1.165) is 0 Å². The molecule has 1 amide bonds. The van der Waals surface area contributed by atoms with Crippen LogP contribution >= 0.6 is 0 Å². The molecule has 1 N–H and O–H groups in total. The van der Waals surface area contributed by atoms with E-state index >= 15 is 0 Å². The number of amides is 1. The molecule has 6 heteroatoms. The standard InChI is InChI=1S/C13H12FN3O2/c14-11-4-2-1-3-10(11)13(19)16-7-8-17-9-15-6-5-12(17)18/h1-6,9H,7-8H2,(H,16,19). The van der Waals surface area contributed by atoms with Gasteiger partial charge in [0.15, 0.2) is 0 Å². The van der Waals surface area contributed by atoms with Crippen molar-refractivity contribution in [3.05, 3.63) is 64.6 Å². The van der Waals surface area contributed by atoms with Crippen LogP contribution in [0.2, 0.25) is 0 Å². The minimum atomic E-state index is -0.571. The van der Waals surface area contributed by atoms with Crippen LogP contribution in [0.3, 0.4) is 0 Å². The molecule has 0 aliphatic heterocycles. The van der Waals surface area contributed by atoms with Gasteiger partial charge in [-0.2, -0.15) is 0 Å². The van der Waals surface area contributed by atoms with Crippen molar-refractivity contribution >= 4 is 5.91 Å². The van der Waals surface area contributed by atoms with Crippen molar-refractivity contribution in [3.8, 4) is 0 Å². The lowest BCUT2D eigenvalue weighted by molar-refractivity contribution is 0.0948. The van der Waals surface area contributed by atoms with Crippen molar-refractivity contribution in [2.24, 2.45) is 0 Å². The van der Waals surface area contributed by atoms with Crippen LogP contribution in [0.1, 0.15) is 10.4 Å². The second-order valence-corrected chi connectivity index (χ2v) is 3.85. The number of carbonyl (C=O) groups is 1. The first-order chi connectivity index (χ1) is 9.18.